The average Bonchev–Trinajstić information content (AvgIpc) is 2.40. The van der Waals surface area contributed by atoms with E-state index in [1.807, 2.05) is 12.3 Å². The van der Waals surface area contributed by atoms with E-state index in [0.717, 1.165) is 26.2 Å². The maximum Gasteiger partial charge on any atom is 0.212 e. The molecule has 2 heterocycles. The summed E-state index contributed by atoms with van der Waals surface area (Å²) in [5, 5.41) is 3.58. The fourth-order valence-electron chi connectivity index (χ4n) is 2.32. The Kier molecular flexibility index (Phi) is 4.55. The Bertz CT molecular complexity index is 364. The molecule has 0 saturated carbocycles. The number of piperazine rings is 1. The van der Waals surface area contributed by atoms with E-state index in [-0.39, 0.29) is 0 Å². The van der Waals surface area contributed by atoms with Gasteiger partial charge in [-0.1, -0.05) is 19.9 Å². The predicted molar refractivity (Wildman–Crippen MR) is 72.7 cm³/mol. The number of ether oxygens (including phenoxy) is 1. The number of hydrogen-bond donors (Lipinski definition) is 1. The number of nitrogens with one attached hydrogen (secondary N) is 1. The summed E-state index contributed by atoms with van der Waals surface area (Å²) in [6.45, 7) is 8.82. The van der Waals surface area contributed by atoms with E-state index in [2.05, 4.69) is 35.1 Å². The molecule has 1 aliphatic rings. The molecule has 100 valence electrons. The van der Waals surface area contributed by atoms with Gasteiger partial charge in [0.15, 0.2) is 0 Å². The zero-order valence-electron chi connectivity index (χ0n) is 11.5. The molecule has 1 unspecified atom stereocenters. The summed E-state index contributed by atoms with van der Waals surface area (Å²) in [5.74, 6) is 1.36. The normalized spacial score (nSPS) is 21.2. The number of rotatable bonds is 4. The van der Waals surface area contributed by atoms with Crippen molar-refractivity contribution in [1.82, 2.24) is 15.2 Å². The van der Waals surface area contributed by atoms with E-state index in [1.165, 1.54) is 5.56 Å². The highest BCUT2D eigenvalue weighted by Gasteiger charge is 2.21. The predicted octanol–water partition coefficient (Wildman–Crippen LogP) is 1.52. The lowest BCUT2D eigenvalue weighted by molar-refractivity contribution is 0.168. The lowest BCUT2D eigenvalue weighted by atomic mass is 10.0. The number of aromatic nitrogens is 1. The standard InChI is InChI=1S/C14H23N3O/c1-11(2)13-10-17(7-6-15-13)9-12-4-5-14(18-3)16-8-12/h4-5,8,11,13,15H,6-7,9-10H2,1-3H3. The molecule has 0 spiro atoms. The maximum atomic E-state index is 5.07. The molecule has 0 radical (unpaired) electrons. The lowest BCUT2D eigenvalue weighted by Crippen LogP contribution is -2.52. The molecule has 4 nitrogen and oxygen atoms in total. The van der Waals surface area contributed by atoms with Crippen LogP contribution >= 0.6 is 0 Å². The van der Waals surface area contributed by atoms with Crippen molar-refractivity contribution in [3.8, 4) is 5.88 Å². The minimum Gasteiger partial charge on any atom is -0.481 e. The summed E-state index contributed by atoms with van der Waals surface area (Å²) in [4.78, 5) is 6.74. The van der Waals surface area contributed by atoms with Crippen LogP contribution in [0.1, 0.15) is 19.4 Å². The largest absolute Gasteiger partial charge is 0.481 e. The number of pyridine rings is 1. The van der Waals surface area contributed by atoms with Crippen LogP contribution in [0.15, 0.2) is 18.3 Å². The molecule has 1 aromatic heterocycles. The van der Waals surface area contributed by atoms with Gasteiger partial charge in [0, 0.05) is 44.5 Å². The topological polar surface area (TPSA) is 37.4 Å². The zero-order valence-corrected chi connectivity index (χ0v) is 11.5. The third-order valence-electron chi connectivity index (χ3n) is 3.51. The van der Waals surface area contributed by atoms with Crippen LogP contribution < -0.4 is 10.1 Å². The van der Waals surface area contributed by atoms with Crippen LogP contribution in [0.5, 0.6) is 5.88 Å². The summed E-state index contributed by atoms with van der Waals surface area (Å²) < 4.78 is 5.07. The van der Waals surface area contributed by atoms with Crippen LogP contribution in [-0.4, -0.2) is 42.7 Å². The SMILES string of the molecule is COc1ccc(CN2CCNC(C(C)C)C2)cn1. The molecule has 2 rings (SSSR count). The van der Waals surface area contributed by atoms with Gasteiger partial charge in [-0.15, -0.1) is 0 Å². The van der Waals surface area contributed by atoms with Crippen LogP contribution in [0.25, 0.3) is 0 Å². The van der Waals surface area contributed by atoms with E-state index in [0.29, 0.717) is 17.8 Å². The number of methoxy groups -OCH3 is 1. The van der Waals surface area contributed by atoms with Gasteiger partial charge >= 0.3 is 0 Å². The fourth-order valence-corrected chi connectivity index (χ4v) is 2.32. The Hall–Kier alpha value is -1.13. The van der Waals surface area contributed by atoms with Gasteiger partial charge in [-0.25, -0.2) is 4.98 Å². The summed E-state index contributed by atoms with van der Waals surface area (Å²) in [5.41, 5.74) is 1.25. The van der Waals surface area contributed by atoms with Crippen molar-refractivity contribution in [2.75, 3.05) is 26.7 Å². The number of hydrogen-bond acceptors (Lipinski definition) is 4. The minimum atomic E-state index is 0.602. The van der Waals surface area contributed by atoms with Crippen molar-refractivity contribution in [1.29, 1.82) is 0 Å². The van der Waals surface area contributed by atoms with E-state index in [1.54, 1.807) is 7.11 Å². The third-order valence-corrected chi connectivity index (χ3v) is 3.51. The van der Waals surface area contributed by atoms with Crippen LogP contribution in [-0.2, 0) is 6.54 Å². The van der Waals surface area contributed by atoms with Gasteiger partial charge in [0.2, 0.25) is 5.88 Å². The second-order valence-electron chi connectivity index (χ2n) is 5.25. The molecular weight excluding hydrogens is 226 g/mol. The Morgan fingerprint density at radius 1 is 1.50 bits per heavy atom. The molecule has 0 aromatic carbocycles. The smallest absolute Gasteiger partial charge is 0.212 e. The van der Waals surface area contributed by atoms with Crippen molar-refractivity contribution < 1.29 is 4.74 Å². The molecule has 1 N–H and O–H groups in total. The molecule has 0 aliphatic carbocycles. The van der Waals surface area contributed by atoms with Crippen LogP contribution in [0.3, 0.4) is 0 Å². The van der Waals surface area contributed by atoms with Crippen molar-refractivity contribution in [2.45, 2.75) is 26.4 Å². The fraction of sp³-hybridized carbons (Fsp3) is 0.643. The maximum absolute atomic E-state index is 5.07. The van der Waals surface area contributed by atoms with E-state index < -0.39 is 0 Å². The van der Waals surface area contributed by atoms with Gasteiger partial charge in [0.25, 0.3) is 0 Å². The first-order valence-corrected chi connectivity index (χ1v) is 6.63. The first-order valence-electron chi connectivity index (χ1n) is 6.63. The molecule has 1 aromatic rings. The average molecular weight is 249 g/mol. The summed E-state index contributed by atoms with van der Waals surface area (Å²) in [6, 6.07) is 4.63. The molecule has 4 heteroatoms. The molecule has 1 saturated heterocycles. The summed E-state index contributed by atoms with van der Waals surface area (Å²) in [7, 11) is 1.64. The van der Waals surface area contributed by atoms with Crippen molar-refractivity contribution in [3.05, 3.63) is 23.9 Å². The molecular formula is C14H23N3O. The van der Waals surface area contributed by atoms with E-state index in [9.17, 15) is 0 Å². The molecule has 1 fully saturated rings. The molecule has 0 amide bonds. The van der Waals surface area contributed by atoms with E-state index in [4.69, 9.17) is 4.74 Å². The lowest BCUT2D eigenvalue weighted by Gasteiger charge is -2.35. The molecule has 1 aliphatic heterocycles. The highest BCUT2D eigenvalue weighted by Crippen LogP contribution is 2.13. The first kappa shape index (κ1) is 13.3. The highest BCUT2D eigenvalue weighted by atomic mass is 16.5. The van der Waals surface area contributed by atoms with Gasteiger partial charge in [-0.05, 0) is 11.5 Å². The van der Waals surface area contributed by atoms with Crippen molar-refractivity contribution >= 4 is 0 Å². The quantitative estimate of drug-likeness (QED) is 0.878. The van der Waals surface area contributed by atoms with Gasteiger partial charge < -0.3 is 10.1 Å². The van der Waals surface area contributed by atoms with Gasteiger partial charge in [0.05, 0.1) is 7.11 Å². The molecule has 18 heavy (non-hydrogen) atoms. The Balaban J connectivity index is 1.91. The van der Waals surface area contributed by atoms with Crippen LogP contribution in [0.4, 0.5) is 0 Å². The second-order valence-corrected chi connectivity index (χ2v) is 5.25. The monoisotopic (exact) mass is 249 g/mol. The Morgan fingerprint density at radius 3 is 2.94 bits per heavy atom. The Morgan fingerprint density at radius 2 is 2.33 bits per heavy atom. The van der Waals surface area contributed by atoms with Crippen LogP contribution in [0, 0.1) is 5.92 Å². The van der Waals surface area contributed by atoms with Crippen molar-refractivity contribution in [3.63, 3.8) is 0 Å². The first-order chi connectivity index (χ1) is 8.69. The van der Waals surface area contributed by atoms with Gasteiger partial charge in [0.1, 0.15) is 0 Å². The van der Waals surface area contributed by atoms with Gasteiger partial charge in [-0.3, -0.25) is 4.90 Å². The van der Waals surface area contributed by atoms with Crippen LogP contribution in [0.2, 0.25) is 0 Å². The number of nitrogens with zero attached hydrogens (tertiary/aromatic N) is 2. The Labute approximate surface area is 109 Å². The van der Waals surface area contributed by atoms with E-state index >= 15 is 0 Å². The van der Waals surface area contributed by atoms with Gasteiger partial charge in [-0.2, -0.15) is 0 Å². The molecule has 0 bridgehead atoms. The summed E-state index contributed by atoms with van der Waals surface area (Å²) >= 11 is 0. The third kappa shape index (κ3) is 3.43. The highest BCUT2D eigenvalue weighted by molar-refractivity contribution is 5.17. The zero-order chi connectivity index (χ0) is 13.0. The minimum absolute atomic E-state index is 0.602. The van der Waals surface area contributed by atoms with Crippen molar-refractivity contribution in [2.24, 2.45) is 5.92 Å². The second kappa shape index (κ2) is 6.16. The summed E-state index contributed by atoms with van der Waals surface area (Å²) in [6.07, 6.45) is 1.91. The molecule has 1 atom stereocenters.